The van der Waals surface area contributed by atoms with E-state index >= 15 is 0 Å². The molecule has 2 N–H and O–H groups in total. The number of carbonyl (C=O) groups excluding carboxylic acids is 3. The number of carbonyl (C=O) groups is 3. The lowest BCUT2D eigenvalue weighted by atomic mass is 9.93. The molecule has 3 heterocycles. The highest BCUT2D eigenvalue weighted by Gasteiger charge is 2.39. The summed E-state index contributed by atoms with van der Waals surface area (Å²) >= 11 is 0. The van der Waals surface area contributed by atoms with Crippen molar-refractivity contribution in [1.82, 2.24) is 20.4 Å². The molecule has 1 atom stereocenters. The summed E-state index contributed by atoms with van der Waals surface area (Å²) in [5, 5.41) is 10.0. The maximum Gasteiger partial charge on any atom is 0.255 e. The zero-order valence-corrected chi connectivity index (χ0v) is 14.9. The van der Waals surface area contributed by atoms with Crippen molar-refractivity contribution in [3.05, 3.63) is 40.6 Å². The van der Waals surface area contributed by atoms with Crippen LogP contribution >= 0.6 is 0 Å². The van der Waals surface area contributed by atoms with E-state index in [1.165, 1.54) is 24.1 Å². The van der Waals surface area contributed by atoms with Crippen LogP contribution in [0.15, 0.2) is 18.2 Å². The van der Waals surface area contributed by atoms with Crippen LogP contribution in [0, 0.1) is 0 Å². The first-order chi connectivity index (χ1) is 13.1. The lowest BCUT2D eigenvalue weighted by Gasteiger charge is -2.29. The highest BCUT2D eigenvalue weighted by molar-refractivity contribution is 6.05. The van der Waals surface area contributed by atoms with Gasteiger partial charge in [-0.3, -0.25) is 24.8 Å². The summed E-state index contributed by atoms with van der Waals surface area (Å²) in [6, 6.07) is 5.21. The van der Waals surface area contributed by atoms with Crippen molar-refractivity contribution in [3.63, 3.8) is 0 Å². The standard InChI is InChI=1S/C20H20N4O3/c25-17-8-7-16(19(26)21-17)24-10-12-9-11(5-6-13(12)20(24)27)18-14-3-1-2-4-15(14)22-23-18/h5-6,9,16H,1-4,7-8,10H2,(H,22,23)(H,21,25,26). The second-order valence-electron chi connectivity index (χ2n) is 7.51. The molecule has 1 saturated heterocycles. The largest absolute Gasteiger partial charge is 0.322 e. The number of hydrogen-bond donors (Lipinski definition) is 2. The molecule has 1 aromatic carbocycles. The zero-order chi connectivity index (χ0) is 18.5. The van der Waals surface area contributed by atoms with E-state index in [9.17, 15) is 14.4 Å². The fourth-order valence-corrected chi connectivity index (χ4v) is 4.44. The number of fused-ring (bicyclic) bond motifs is 2. The van der Waals surface area contributed by atoms with E-state index in [-0.39, 0.29) is 24.1 Å². The van der Waals surface area contributed by atoms with Crippen molar-refractivity contribution in [1.29, 1.82) is 0 Å². The molecule has 7 heteroatoms. The highest BCUT2D eigenvalue weighted by Crippen LogP contribution is 2.34. The molecular formula is C20H20N4O3. The Balaban J connectivity index is 1.45. The summed E-state index contributed by atoms with van der Waals surface area (Å²) in [5.41, 5.74) is 6.03. The maximum atomic E-state index is 12.8. The molecule has 2 aliphatic heterocycles. The number of benzene rings is 1. The summed E-state index contributed by atoms with van der Waals surface area (Å²) in [4.78, 5) is 37.9. The Morgan fingerprint density at radius 2 is 1.93 bits per heavy atom. The van der Waals surface area contributed by atoms with Crippen molar-refractivity contribution in [3.8, 4) is 11.3 Å². The molecule has 1 aromatic heterocycles. The molecule has 1 fully saturated rings. The first-order valence-electron chi connectivity index (χ1n) is 9.46. The molecule has 0 bridgehead atoms. The topological polar surface area (TPSA) is 95.2 Å². The summed E-state index contributed by atoms with van der Waals surface area (Å²) in [6.45, 7) is 0.390. The Labute approximate surface area is 156 Å². The SMILES string of the molecule is O=C1CCC(N2Cc3cc(-c4n[nH]c5c4CCCC5)ccc3C2=O)C(=O)N1. The Kier molecular flexibility index (Phi) is 3.63. The second kappa shape index (κ2) is 6.04. The van der Waals surface area contributed by atoms with Gasteiger partial charge >= 0.3 is 0 Å². The van der Waals surface area contributed by atoms with E-state index in [4.69, 9.17) is 0 Å². The second-order valence-corrected chi connectivity index (χ2v) is 7.51. The number of nitrogens with one attached hydrogen (secondary N) is 2. The van der Waals surface area contributed by atoms with Crippen LogP contribution in [0.25, 0.3) is 11.3 Å². The van der Waals surface area contributed by atoms with Crippen molar-refractivity contribution in [2.45, 2.75) is 51.1 Å². The molecule has 1 unspecified atom stereocenters. The number of hydrogen-bond acceptors (Lipinski definition) is 4. The minimum absolute atomic E-state index is 0.143. The first kappa shape index (κ1) is 16.2. The molecule has 5 rings (SSSR count). The van der Waals surface area contributed by atoms with Crippen LogP contribution in [0.2, 0.25) is 0 Å². The van der Waals surface area contributed by atoms with Crippen LogP contribution in [0.5, 0.6) is 0 Å². The fraction of sp³-hybridized carbons (Fsp3) is 0.400. The van der Waals surface area contributed by atoms with Crippen molar-refractivity contribution in [2.75, 3.05) is 0 Å². The number of H-pyrrole nitrogens is 1. The van der Waals surface area contributed by atoms with E-state index in [1.54, 1.807) is 4.90 Å². The highest BCUT2D eigenvalue weighted by atomic mass is 16.2. The molecule has 0 spiro atoms. The van der Waals surface area contributed by atoms with Gasteiger partial charge in [0.2, 0.25) is 11.8 Å². The third-order valence-corrected chi connectivity index (χ3v) is 5.85. The van der Waals surface area contributed by atoms with E-state index in [0.29, 0.717) is 18.5 Å². The molecule has 2 aromatic rings. The molecule has 0 saturated carbocycles. The molecule has 0 radical (unpaired) electrons. The summed E-state index contributed by atoms with van der Waals surface area (Å²) in [7, 11) is 0. The lowest BCUT2D eigenvalue weighted by Crippen LogP contribution is -2.52. The van der Waals surface area contributed by atoms with Gasteiger partial charge in [0.25, 0.3) is 5.91 Å². The van der Waals surface area contributed by atoms with Crippen LogP contribution in [0.4, 0.5) is 0 Å². The van der Waals surface area contributed by atoms with Gasteiger partial charge in [-0.25, -0.2) is 0 Å². The number of nitrogens with zero attached hydrogens (tertiary/aromatic N) is 2. The average Bonchev–Trinajstić information content (AvgIpc) is 3.23. The quantitative estimate of drug-likeness (QED) is 0.793. The Morgan fingerprint density at radius 3 is 2.78 bits per heavy atom. The average molecular weight is 364 g/mol. The van der Waals surface area contributed by atoms with Crippen LogP contribution in [0.1, 0.15) is 52.9 Å². The monoisotopic (exact) mass is 364 g/mol. The van der Waals surface area contributed by atoms with Gasteiger partial charge in [-0.05, 0) is 49.8 Å². The van der Waals surface area contributed by atoms with Crippen molar-refractivity contribution >= 4 is 17.7 Å². The molecule has 138 valence electrons. The minimum Gasteiger partial charge on any atom is -0.322 e. The van der Waals surface area contributed by atoms with Crippen LogP contribution < -0.4 is 5.32 Å². The number of rotatable bonds is 2. The van der Waals surface area contributed by atoms with Gasteiger partial charge in [-0.2, -0.15) is 5.10 Å². The van der Waals surface area contributed by atoms with Gasteiger partial charge in [-0.15, -0.1) is 0 Å². The Bertz CT molecular complexity index is 978. The predicted molar refractivity (Wildman–Crippen MR) is 96.7 cm³/mol. The van der Waals surface area contributed by atoms with Crippen molar-refractivity contribution in [2.24, 2.45) is 0 Å². The zero-order valence-electron chi connectivity index (χ0n) is 14.9. The van der Waals surface area contributed by atoms with Gasteiger partial charge in [0.15, 0.2) is 0 Å². The summed E-state index contributed by atoms with van der Waals surface area (Å²) in [5.74, 6) is -0.796. The van der Waals surface area contributed by atoms with E-state index in [0.717, 1.165) is 29.7 Å². The van der Waals surface area contributed by atoms with Crippen LogP contribution in [-0.4, -0.2) is 38.9 Å². The fourth-order valence-electron chi connectivity index (χ4n) is 4.44. The van der Waals surface area contributed by atoms with Crippen LogP contribution in [0.3, 0.4) is 0 Å². The molecular weight excluding hydrogens is 344 g/mol. The molecule has 3 aliphatic rings. The third kappa shape index (κ3) is 2.57. The van der Waals surface area contributed by atoms with E-state index < -0.39 is 6.04 Å². The first-order valence-corrected chi connectivity index (χ1v) is 9.46. The van der Waals surface area contributed by atoms with E-state index in [2.05, 4.69) is 15.5 Å². The number of aryl methyl sites for hydroxylation is 1. The Morgan fingerprint density at radius 1 is 1.07 bits per heavy atom. The minimum atomic E-state index is -0.579. The number of imide groups is 1. The summed E-state index contributed by atoms with van der Waals surface area (Å²) < 4.78 is 0. The normalized spacial score (nSPS) is 21.9. The molecule has 3 amide bonds. The number of aromatic amines is 1. The molecule has 27 heavy (non-hydrogen) atoms. The summed E-state index contributed by atoms with van der Waals surface area (Å²) in [6.07, 6.45) is 5.07. The van der Waals surface area contributed by atoms with Gasteiger partial charge < -0.3 is 4.90 Å². The van der Waals surface area contributed by atoms with Gasteiger partial charge in [0.1, 0.15) is 6.04 Å². The smallest absolute Gasteiger partial charge is 0.255 e. The molecule has 7 nitrogen and oxygen atoms in total. The number of amides is 3. The number of aromatic nitrogens is 2. The lowest BCUT2D eigenvalue weighted by molar-refractivity contribution is -0.136. The Hall–Kier alpha value is -2.96. The third-order valence-electron chi connectivity index (χ3n) is 5.85. The predicted octanol–water partition coefficient (Wildman–Crippen LogP) is 1.72. The van der Waals surface area contributed by atoms with E-state index in [1.807, 2.05) is 18.2 Å². The van der Waals surface area contributed by atoms with Crippen molar-refractivity contribution < 1.29 is 14.4 Å². The molecule has 1 aliphatic carbocycles. The number of piperidine rings is 1. The van der Waals surface area contributed by atoms with Gasteiger partial charge in [0, 0.05) is 35.3 Å². The maximum absolute atomic E-state index is 12.8. The van der Waals surface area contributed by atoms with Gasteiger partial charge in [0.05, 0.1) is 5.69 Å². The van der Waals surface area contributed by atoms with Crippen LogP contribution in [-0.2, 0) is 29.0 Å². The van der Waals surface area contributed by atoms with Gasteiger partial charge in [-0.1, -0.05) is 6.07 Å².